The van der Waals surface area contributed by atoms with Crippen molar-refractivity contribution in [2.75, 3.05) is 0 Å². The second-order valence-electron chi connectivity index (χ2n) is 2.00. The van der Waals surface area contributed by atoms with Crippen molar-refractivity contribution in [2.45, 2.75) is 0 Å². The Balaban J connectivity index is 0.00000121. The predicted molar refractivity (Wildman–Crippen MR) is 38.4 cm³/mol. The van der Waals surface area contributed by atoms with Crippen LogP contribution in [0, 0.1) is 0 Å². The zero-order chi connectivity index (χ0) is 8.27. The van der Waals surface area contributed by atoms with E-state index in [0.717, 1.165) is 0 Å². The van der Waals surface area contributed by atoms with Gasteiger partial charge >= 0.3 is 5.97 Å². The van der Waals surface area contributed by atoms with Crippen LogP contribution in [-0.4, -0.2) is 16.9 Å². The summed E-state index contributed by atoms with van der Waals surface area (Å²) >= 11 is 0. The molecular formula is C8H6NiO3. The maximum absolute atomic E-state index is 10.7. The van der Waals surface area contributed by atoms with Crippen LogP contribution >= 0.6 is 0 Å². The molecule has 0 spiro atoms. The third-order valence-electron chi connectivity index (χ3n) is 1.23. The van der Waals surface area contributed by atoms with E-state index in [2.05, 4.69) is 0 Å². The van der Waals surface area contributed by atoms with Crippen LogP contribution < -0.4 is 0 Å². The van der Waals surface area contributed by atoms with E-state index >= 15 is 0 Å². The molecule has 0 saturated heterocycles. The Morgan fingerprint density at radius 2 is 1.58 bits per heavy atom. The quantitative estimate of drug-likeness (QED) is 0.448. The third kappa shape index (κ3) is 2.48. The van der Waals surface area contributed by atoms with Crippen LogP contribution in [-0.2, 0) is 21.3 Å². The molecule has 0 amide bonds. The molecule has 0 aromatic heterocycles. The molecule has 66 valence electrons. The molecule has 12 heavy (non-hydrogen) atoms. The van der Waals surface area contributed by atoms with Crippen molar-refractivity contribution in [3.63, 3.8) is 0 Å². The molecule has 0 atom stereocenters. The van der Waals surface area contributed by atoms with Crippen LogP contribution in [0.2, 0.25) is 0 Å². The summed E-state index contributed by atoms with van der Waals surface area (Å²) in [4.78, 5) is 20.9. The SMILES string of the molecule is O=C(O)C(=O)c1ccccc1.[Ni]. The van der Waals surface area contributed by atoms with E-state index < -0.39 is 11.8 Å². The summed E-state index contributed by atoms with van der Waals surface area (Å²) in [5.74, 6) is -2.29. The third-order valence-corrected chi connectivity index (χ3v) is 1.23. The summed E-state index contributed by atoms with van der Waals surface area (Å²) in [6.07, 6.45) is 0. The van der Waals surface area contributed by atoms with E-state index in [1.165, 1.54) is 12.1 Å². The number of hydrogen-bond acceptors (Lipinski definition) is 2. The van der Waals surface area contributed by atoms with Crippen molar-refractivity contribution in [1.82, 2.24) is 0 Å². The van der Waals surface area contributed by atoms with Gasteiger partial charge in [-0.05, 0) is 0 Å². The number of carbonyl (C=O) groups excluding carboxylic acids is 1. The van der Waals surface area contributed by atoms with Crippen LogP contribution in [0.1, 0.15) is 10.4 Å². The summed E-state index contributed by atoms with van der Waals surface area (Å²) in [7, 11) is 0. The first-order valence-corrected chi connectivity index (χ1v) is 3.04. The van der Waals surface area contributed by atoms with Gasteiger partial charge in [-0.2, -0.15) is 0 Å². The van der Waals surface area contributed by atoms with Gasteiger partial charge in [0.1, 0.15) is 0 Å². The molecule has 0 unspecified atom stereocenters. The van der Waals surface area contributed by atoms with Gasteiger partial charge in [-0.25, -0.2) is 4.79 Å². The normalized spacial score (nSPS) is 8.33. The Labute approximate surface area is 79.3 Å². The number of carbonyl (C=O) groups is 2. The standard InChI is InChI=1S/C8H6O3.Ni/c9-7(8(10)11)6-4-2-1-3-5-6;/h1-5H,(H,10,11);. The Morgan fingerprint density at radius 1 is 1.08 bits per heavy atom. The van der Waals surface area contributed by atoms with Gasteiger partial charge in [0.15, 0.2) is 0 Å². The van der Waals surface area contributed by atoms with Gasteiger partial charge in [0.2, 0.25) is 0 Å². The molecule has 1 N–H and O–H groups in total. The Morgan fingerprint density at radius 3 is 2.00 bits per heavy atom. The maximum atomic E-state index is 10.7. The first-order chi connectivity index (χ1) is 5.22. The summed E-state index contributed by atoms with van der Waals surface area (Å²) in [6.45, 7) is 0. The van der Waals surface area contributed by atoms with Gasteiger partial charge < -0.3 is 5.11 Å². The van der Waals surface area contributed by atoms with Gasteiger partial charge in [0.05, 0.1) is 0 Å². The van der Waals surface area contributed by atoms with Gasteiger partial charge in [-0.3, -0.25) is 4.79 Å². The fourth-order valence-electron chi connectivity index (χ4n) is 0.713. The Hall–Kier alpha value is -1.15. The monoisotopic (exact) mass is 208 g/mol. The molecule has 0 aliphatic heterocycles. The summed E-state index contributed by atoms with van der Waals surface area (Å²) in [6, 6.07) is 7.90. The van der Waals surface area contributed by atoms with Crippen LogP contribution in [0.3, 0.4) is 0 Å². The maximum Gasteiger partial charge on any atom is 0.377 e. The fraction of sp³-hybridized carbons (Fsp3) is 0. The second kappa shape index (κ2) is 4.67. The largest absolute Gasteiger partial charge is 0.475 e. The summed E-state index contributed by atoms with van der Waals surface area (Å²) < 4.78 is 0. The zero-order valence-electron chi connectivity index (χ0n) is 5.97. The number of aliphatic carboxylic acids is 1. The molecule has 0 saturated carbocycles. The molecule has 0 fully saturated rings. The predicted octanol–water partition coefficient (Wildman–Crippen LogP) is 0.951. The molecule has 0 aliphatic rings. The molecule has 3 nitrogen and oxygen atoms in total. The molecular weight excluding hydrogens is 203 g/mol. The number of carboxylic acids is 1. The first-order valence-electron chi connectivity index (χ1n) is 3.04. The molecule has 0 radical (unpaired) electrons. The van der Waals surface area contributed by atoms with Crippen molar-refractivity contribution >= 4 is 11.8 Å². The molecule has 0 aliphatic carbocycles. The Bertz CT molecular complexity index is 282. The van der Waals surface area contributed by atoms with Gasteiger partial charge in [0, 0.05) is 22.1 Å². The van der Waals surface area contributed by atoms with Crippen LogP contribution in [0.25, 0.3) is 0 Å². The van der Waals surface area contributed by atoms with Crippen molar-refractivity contribution in [3.05, 3.63) is 35.9 Å². The smallest absolute Gasteiger partial charge is 0.377 e. The minimum Gasteiger partial charge on any atom is -0.475 e. The van der Waals surface area contributed by atoms with Crippen molar-refractivity contribution in [1.29, 1.82) is 0 Å². The van der Waals surface area contributed by atoms with Crippen molar-refractivity contribution in [3.8, 4) is 0 Å². The van der Waals surface area contributed by atoms with E-state index in [9.17, 15) is 9.59 Å². The molecule has 1 aromatic carbocycles. The van der Waals surface area contributed by atoms with E-state index in [-0.39, 0.29) is 22.1 Å². The van der Waals surface area contributed by atoms with Crippen LogP contribution in [0.4, 0.5) is 0 Å². The Kier molecular flexibility index (Phi) is 4.23. The van der Waals surface area contributed by atoms with Gasteiger partial charge in [0.25, 0.3) is 5.78 Å². The topological polar surface area (TPSA) is 54.4 Å². The van der Waals surface area contributed by atoms with E-state index in [0.29, 0.717) is 0 Å². The van der Waals surface area contributed by atoms with E-state index in [4.69, 9.17) is 5.11 Å². The second-order valence-corrected chi connectivity index (χ2v) is 2.00. The van der Waals surface area contributed by atoms with Gasteiger partial charge in [-0.1, -0.05) is 30.3 Å². The van der Waals surface area contributed by atoms with Crippen LogP contribution in [0.15, 0.2) is 30.3 Å². The molecule has 0 bridgehead atoms. The van der Waals surface area contributed by atoms with Crippen molar-refractivity contribution in [2.24, 2.45) is 0 Å². The van der Waals surface area contributed by atoms with E-state index in [1.54, 1.807) is 18.2 Å². The number of carboxylic acid groups (broad SMARTS) is 1. The average Bonchev–Trinajstić information content (AvgIpc) is 2.05. The molecule has 0 heterocycles. The molecule has 4 heteroatoms. The van der Waals surface area contributed by atoms with E-state index in [1.807, 2.05) is 0 Å². The molecule has 1 aromatic rings. The molecule has 1 rings (SSSR count). The minimum absolute atomic E-state index is 0. The average molecular weight is 209 g/mol. The van der Waals surface area contributed by atoms with Crippen molar-refractivity contribution < 1.29 is 31.2 Å². The first kappa shape index (κ1) is 10.9. The minimum atomic E-state index is -1.42. The number of hydrogen-bond donors (Lipinski definition) is 1. The van der Waals surface area contributed by atoms with Crippen LogP contribution in [0.5, 0.6) is 0 Å². The zero-order valence-corrected chi connectivity index (χ0v) is 6.95. The van der Waals surface area contributed by atoms with Gasteiger partial charge in [-0.15, -0.1) is 0 Å². The number of ketones is 1. The number of Topliss-reactive ketones (excluding diaryl/α,β-unsaturated/α-hetero) is 1. The number of rotatable bonds is 2. The fourth-order valence-corrected chi connectivity index (χ4v) is 0.713. The summed E-state index contributed by atoms with van der Waals surface area (Å²) in [5, 5.41) is 8.29. The summed E-state index contributed by atoms with van der Waals surface area (Å²) in [5.41, 5.74) is 0.208. The number of benzene rings is 1.